The Morgan fingerprint density at radius 1 is 1.22 bits per heavy atom. The van der Waals surface area contributed by atoms with Crippen LogP contribution in [-0.2, 0) is 0 Å². The minimum absolute atomic E-state index is 0.295. The Balaban J connectivity index is 2.25. The molecular weight excluding hydrogens is 250 g/mol. The van der Waals surface area contributed by atoms with E-state index in [1.54, 1.807) is 37.3 Å². The lowest BCUT2D eigenvalue weighted by Crippen LogP contribution is -2.15. The summed E-state index contributed by atoms with van der Waals surface area (Å²) in [5.41, 5.74) is 1.66. The number of halogens is 1. The summed E-state index contributed by atoms with van der Waals surface area (Å²) >= 11 is 5.97. The third-order valence-electron chi connectivity index (χ3n) is 2.32. The molecule has 1 amide bonds. The fourth-order valence-electron chi connectivity index (χ4n) is 1.58. The van der Waals surface area contributed by atoms with Gasteiger partial charge >= 0.3 is 0 Å². The molecule has 92 valence electrons. The Labute approximate surface area is 110 Å². The standard InChI is InChI=1S/C13H12ClN3O/c1-8-7-12(16-9(2)15-8)13(18)17-11-6-4-3-5-10(11)14/h3-7H,1-2H3,(H,17,18). The van der Waals surface area contributed by atoms with Crippen molar-refractivity contribution in [3.63, 3.8) is 0 Å². The fraction of sp³-hybridized carbons (Fsp3) is 0.154. The number of rotatable bonds is 2. The summed E-state index contributed by atoms with van der Waals surface area (Å²) in [5.74, 6) is 0.274. The van der Waals surface area contributed by atoms with Crippen LogP contribution in [0.1, 0.15) is 22.0 Å². The minimum atomic E-state index is -0.295. The molecule has 0 unspecified atom stereocenters. The van der Waals surface area contributed by atoms with E-state index in [2.05, 4.69) is 15.3 Å². The van der Waals surface area contributed by atoms with Crippen LogP contribution in [0.25, 0.3) is 0 Å². The number of carbonyl (C=O) groups excluding carboxylic acids is 1. The van der Waals surface area contributed by atoms with Gasteiger partial charge in [0.1, 0.15) is 11.5 Å². The first-order valence-electron chi connectivity index (χ1n) is 5.44. The van der Waals surface area contributed by atoms with Crippen LogP contribution in [0.2, 0.25) is 5.02 Å². The summed E-state index contributed by atoms with van der Waals surface area (Å²) in [5, 5.41) is 3.21. The lowest BCUT2D eigenvalue weighted by Gasteiger charge is -2.07. The summed E-state index contributed by atoms with van der Waals surface area (Å²) in [6, 6.07) is 8.70. The van der Waals surface area contributed by atoms with E-state index in [1.807, 2.05) is 6.92 Å². The molecule has 0 aliphatic carbocycles. The normalized spacial score (nSPS) is 10.2. The van der Waals surface area contributed by atoms with Crippen molar-refractivity contribution in [2.45, 2.75) is 13.8 Å². The van der Waals surface area contributed by atoms with Gasteiger partial charge in [0, 0.05) is 5.69 Å². The first kappa shape index (κ1) is 12.5. The molecule has 0 fully saturated rings. The quantitative estimate of drug-likeness (QED) is 0.904. The van der Waals surface area contributed by atoms with Gasteiger partial charge in [-0.05, 0) is 32.0 Å². The first-order chi connectivity index (χ1) is 8.56. The maximum atomic E-state index is 12.0. The average molecular weight is 262 g/mol. The van der Waals surface area contributed by atoms with Gasteiger partial charge in [0.25, 0.3) is 5.91 Å². The smallest absolute Gasteiger partial charge is 0.274 e. The van der Waals surface area contributed by atoms with Crippen LogP contribution in [0.4, 0.5) is 5.69 Å². The maximum absolute atomic E-state index is 12.0. The maximum Gasteiger partial charge on any atom is 0.274 e. The van der Waals surface area contributed by atoms with Gasteiger partial charge in [-0.3, -0.25) is 4.79 Å². The summed E-state index contributed by atoms with van der Waals surface area (Å²) in [7, 11) is 0. The Bertz CT molecular complexity index is 578. The molecule has 0 radical (unpaired) electrons. The number of para-hydroxylation sites is 1. The Kier molecular flexibility index (Phi) is 3.58. The molecule has 0 atom stereocenters. The zero-order chi connectivity index (χ0) is 13.1. The van der Waals surface area contributed by atoms with Crippen molar-refractivity contribution in [3.05, 3.63) is 52.6 Å². The molecule has 18 heavy (non-hydrogen) atoms. The number of amides is 1. The van der Waals surface area contributed by atoms with Gasteiger partial charge < -0.3 is 5.32 Å². The molecule has 0 aliphatic rings. The third-order valence-corrected chi connectivity index (χ3v) is 2.65. The van der Waals surface area contributed by atoms with Gasteiger partial charge in [0.15, 0.2) is 0 Å². The van der Waals surface area contributed by atoms with Crippen LogP contribution in [-0.4, -0.2) is 15.9 Å². The molecule has 1 aromatic heterocycles. The predicted molar refractivity (Wildman–Crippen MR) is 70.9 cm³/mol. The van der Waals surface area contributed by atoms with E-state index < -0.39 is 0 Å². The number of nitrogens with one attached hydrogen (secondary N) is 1. The number of hydrogen-bond donors (Lipinski definition) is 1. The second kappa shape index (κ2) is 5.14. The summed E-state index contributed by atoms with van der Waals surface area (Å²) in [6.07, 6.45) is 0. The second-order valence-corrected chi connectivity index (χ2v) is 4.28. The topological polar surface area (TPSA) is 54.9 Å². The molecule has 0 spiro atoms. The second-order valence-electron chi connectivity index (χ2n) is 3.88. The van der Waals surface area contributed by atoms with E-state index in [0.29, 0.717) is 22.2 Å². The van der Waals surface area contributed by atoms with Crippen LogP contribution in [0.5, 0.6) is 0 Å². The number of benzene rings is 1. The molecule has 4 nitrogen and oxygen atoms in total. The van der Waals surface area contributed by atoms with E-state index in [0.717, 1.165) is 5.69 Å². The Morgan fingerprint density at radius 3 is 2.61 bits per heavy atom. The van der Waals surface area contributed by atoms with E-state index >= 15 is 0 Å². The molecule has 2 aromatic rings. The van der Waals surface area contributed by atoms with Crippen molar-refractivity contribution in [1.29, 1.82) is 0 Å². The van der Waals surface area contributed by atoms with Crippen LogP contribution >= 0.6 is 11.6 Å². The molecule has 2 rings (SSSR count). The first-order valence-corrected chi connectivity index (χ1v) is 5.82. The van der Waals surface area contributed by atoms with Gasteiger partial charge in [-0.2, -0.15) is 0 Å². The van der Waals surface area contributed by atoms with E-state index in [1.165, 1.54) is 0 Å². The molecule has 5 heteroatoms. The van der Waals surface area contributed by atoms with Crippen LogP contribution in [0, 0.1) is 13.8 Å². The Morgan fingerprint density at radius 2 is 1.94 bits per heavy atom. The van der Waals surface area contributed by atoms with Crippen LogP contribution in [0.3, 0.4) is 0 Å². The summed E-state index contributed by atoms with van der Waals surface area (Å²) in [6.45, 7) is 3.57. The van der Waals surface area contributed by atoms with Crippen molar-refractivity contribution in [3.8, 4) is 0 Å². The number of anilines is 1. The number of aryl methyl sites for hydroxylation is 2. The fourth-order valence-corrected chi connectivity index (χ4v) is 1.77. The van der Waals surface area contributed by atoms with E-state index in [-0.39, 0.29) is 5.91 Å². The summed E-state index contributed by atoms with van der Waals surface area (Å²) in [4.78, 5) is 20.2. The third kappa shape index (κ3) is 2.84. The monoisotopic (exact) mass is 261 g/mol. The molecule has 1 heterocycles. The predicted octanol–water partition coefficient (Wildman–Crippen LogP) is 3.00. The molecular formula is C13H12ClN3O. The van der Waals surface area contributed by atoms with Gasteiger partial charge in [0.05, 0.1) is 10.7 Å². The number of hydrogen-bond acceptors (Lipinski definition) is 3. The van der Waals surface area contributed by atoms with Crippen molar-refractivity contribution >= 4 is 23.2 Å². The van der Waals surface area contributed by atoms with Crippen molar-refractivity contribution in [1.82, 2.24) is 9.97 Å². The highest BCUT2D eigenvalue weighted by molar-refractivity contribution is 6.33. The Hall–Kier alpha value is -1.94. The van der Waals surface area contributed by atoms with Crippen LogP contribution < -0.4 is 5.32 Å². The largest absolute Gasteiger partial charge is 0.319 e. The number of aromatic nitrogens is 2. The average Bonchev–Trinajstić information content (AvgIpc) is 2.31. The molecule has 0 saturated heterocycles. The lowest BCUT2D eigenvalue weighted by atomic mass is 10.3. The summed E-state index contributed by atoms with van der Waals surface area (Å²) < 4.78 is 0. The van der Waals surface area contributed by atoms with E-state index in [9.17, 15) is 4.79 Å². The van der Waals surface area contributed by atoms with Crippen molar-refractivity contribution < 1.29 is 4.79 Å². The zero-order valence-electron chi connectivity index (χ0n) is 10.1. The molecule has 0 aliphatic heterocycles. The molecule has 0 bridgehead atoms. The van der Waals surface area contributed by atoms with Crippen molar-refractivity contribution in [2.75, 3.05) is 5.32 Å². The molecule has 1 aromatic carbocycles. The number of nitrogens with zero attached hydrogens (tertiary/aromatic N) is 2. The molecule has 1 N–H and O–H groups in total. The SMILES string of the molecule is Cc1cc(C(=O)Nc2ccccc2Cl)nc(C)n1. The highest BCUT2D eigenvalue weighted by atomic mass is 35.5. The highest BCUT2D eigenvalue weighted by Crippen LogP contribution is 2.20. The van der Waals surface area contributed by atoms with Gasteiger partial charge in [-0.15, -0.1) is 0 Å². The lowest BCUT2D eigenvalue weighted by molar-refractivity contribution is 0.102. The van der Waals surface area contributed by atoms with Gasteiger partial charge in [-0.1, -0.05) is 23.7 Å². The van der Waals surface area contributed by atoms with Crippen LogP contribution in [0.15, 0.2) is 30.3 Å². The van der Waals surface area contributed by atoms with Crippen molar-refractivity contribution in [2.24, 2.45) is 0 Å². The zero-order valence-corrected chi connectivity index (χ0v) is 10.8. The number of carbonyl (C=O) groups is 1. The van der Waals surface area contributed by atoms with Gasteiger partial charge in [-0.25, -0.2) is 9.97 Å². The van der Waals surface area contributed by atoms with Gasteiger partial charge in [0.2, 0.25) is 0 Å². The van der Waals surface area contributed by atoms with E-state index in [4.69, 9.17) is 11.6 Å². The molecule has 0 saturated carbocycles. The highest BCUT2D eigenvalue weighted by Gasteiger charge is 2.10. The minimum Gasteiger partial charge on any atom is -0.319 e.